The van der Waals surface area contributed by atoms with E-state index in [-0.39, 0.29) is 11.2 Å². The smallest absolute Gasteiger partial charge is 0.128 e. The highest BCUT2D eigenvalue weighted by molar-refractivity contribution is 5.24. The molecule has 2 heterocycles. The summed E-state index contributed by atoms with van der Waals surface area (Å²) in [6.45, 7) is 6.52. The van der Waals surface area contributed by atoms with E-state index in [4.69, 9.17) is 9.47 Å². The van der Waals surface area contributed by atoms with Gasteiger partial charge in [0.2, 0.25) is 0 Å². The van der Waals surface area contributed by atoms with Gasteiger partial charge >= 0.3 is 0 Å². The van der Waals surface area contributed by atoms with Gasteiger partial charge in [0, 0.05) is 0 Å². The Bertz CT molecular complexity index is 216. The number of fused-ring (bicyclic) bond motifs is 1. The lowest BCUT2D eigenvalue weighted by molar-refractivity contribution is 0.00772. The fourth-order valence-corrected chi connectivity index (χ4v) is 3.03. The highest BCUT2D eigenvalue weighted by Gasteiger charge is 2.76. The van der Waals surface area contributed by atoms with Gasteiger partial charge in [-0.05, 0) is 24.7 Å². The van der Waals surface area contributed by atoms with Crippen molar-refractivity contribution in [1.82, 2.24) is 0 Å². The fraction of sp³-hybridized carbons (Fsp3) is 1.00. The molecule has 2 nitrogen and oxygen atoms in total. The van der Waals surface area contributed by atoms with Crippen molar-refractivity contribution in [2.75, 3.05) is 13.2 Å². The SMILES string of the molecule is CC1(C)CCCC2(CO2)C12CO2. The van der Waals surface area contributed by atoms with Crippen molar-refractivity contribution in [3.8, 4) is 0 Å². The van der Waals surface area contributed by atoms with Crippen molar-refractivity contribution in [2.45, 2.75) is 44.3 Å². The molecule has 68 valence electrons. The second-order valence-corrected chi connectivity index (χ2v) is 5.14. The van der Waals surface area contributed by atoms with Crippen LogP contribution in [0.2, 0.25) is 0 Å². The topological polar surface area (TPSA) is 25.1 Å². The first kappa shape index (κ1) is 7.34. The van der Waals surface area contributed by atoms with Crippen molar-refractivity contribution in [3.05, 3.63) is 0 Å². The summed E-state index contributed by atoms with van der Waals surface area (Å²) in [5.41, 5.74) is 0.592. The maximum absolute atomic E-state index is 5.70. The van der Waals surface area contributed by atoms with Crippen LogP contribution in [0.1, 0.15) is 33.1 Å². The zero-order valence-electron chi connectivity index (χ0n) is 7.85. The highest BCUT2D eigenvalue weighted by atomic mass is 16.7. The van der Waals surface area contributed by atoms with Crippen LogP contribution in [0, 0.1) is 5.41 Å². The second kappa shape index (κ2) is 1.73. The van der Waals surface area contributed by atoms with Gasteiger partial charge in [0.05, 0.1) is 13.2 Å². The maximum atomic E-state index is 5.70. The molecule has 3 aliphatic rings. The van der Waals surface area contributed by atoms with Gasteiger partial charge < -0.3 is 9.47 Å². The second-order valence-electron chi connectivity index (χ2n) is 5.14. The van der Waals surface area contributed by atoms with Crippen LogP contribution in [0.5, 0.6) is 0 Å². The van der Waals surface area contributed by atoms with E-state index in [0.29, 0.717) is 5.41 Å². The van der Waals surface area contributed by atoms with Crippen LogP contribution in [-0.4, -0.2) is 24.4 Å². The van der Waals surface area contributed by atoms with Gasteiger partial charge in [-0.1, -0.05) is 13.8 Å². The van der Waals surface area contributed by atoms with Gasteiger partial charge in [0.1, 0.15) is 11.2 Å². The molecule has 0 radical (unpaired) electrons. The van der Waals surface area contributed by atoms with Gasteiger partial charge in [-0.25, -0.2) is 0 Å². The van der Waals surface area contributed by atoms with E-state index in [0.717, 1.165) is 13.2 Å². The van der Waals surface area contributed by atoms with E-state index < -0.39 is 0 Å². The van der Waals surface area contributed by atoms with Gasteiger partial charge in [0.25, 0.3) is 0 Å². The van der Waals surface area contributed by atoms with E-state index in [9.17, 15) is 0 Å². The van der Waals surface area contributed by atoms with E-state index in [2.05, 4.69) is 13.8 Å². The predicted molar refractivity (Wildman–Crippen MR) is 45.0 cm³/mol. The summed E-state index contributed by atoms with van der Waals surface area (Å²) in [4.78, 5) is 0. The molecule has 2 spiro atoms. The normalized spacial score (nSPS) is 54.5. The zero-order valence-corrected chi connectivity index (χ0v) is 7.85. The molecule has 2 unspecified atom stereocenters. The number of hydrogen-bond donors (Lipinski definition) is 0. The maximum Gasteiger partial charge on any atom is 0.128 e. The minimum absolute atomic E-state index is 0.109. The predicted octanol–water partition coefficient (Wildman–Crippen LogP) is 1.73. The van der Waals surface area contributed by atoms with Crippen LogP contribution in [-0.2, 0) is 9.47 Å². The largest absolute Gasteiger partial charge is 0.366 e. The molecule has 1 saturated carbocycles. The molecule has 0 aromatic carbocycles. The summed E-state index contributed by atoms with van der Waals surface area (Å²) in [5, 5.41) is 0. The van der Waals surface area contributed by atoms with E-state index in [1.165, 1.54) is 19.3 Å². The van der Waals surface area contributed by atoms with Gasteiger partial charge in [-0.15, -0.1) is 0 Å². The standard InChI is InChI=1S/C10H16O2/c1-8(2)4-3-5-9(6-11-9)10(8)7-12-10/h3-7H2,1-2H3. The Morgan fingerprint density at radius 2 is 1.67 bits per heavy atom. The average molecular weight is 168 g/mol. The van der Waals surface area contributed by atoms with Crippen LogP contribution in [0.15, 0.2) is 0 Å². The molecule has 3 fully saturated rings. The Hall–Kier alpha value is -0.0800. The lowest BCUT2D eigenvalue weighted by Gasteiger charge is -2.40. The lowest BCUT2D eigenvalue weighted by Crippen LogP contribution is -2.49. The van der Waals surface area contributed by atoms with E-state index in [1.54, 1.807) is 0 Å². The monoisotopic (exact) mass is 168 g/mol. The van der Waals surface area contributed by atoms with Gasteiger partial charge in [0.15, 0.2) is 0 Å². The summed E-state index contributed by atoms with van der Waals surface area (Å²) < 4.78 is 11.3. The summed E-state index contributed by atoms with van der Waals surface area (Å²) in [6.07, 6.45) is 3.81. The Morgan fingerprint density at radius 3 is 2.08 bits per heavy atom. The third-order valence-corrected chi connectivity index (χ3v) is 4.14. The fourth-order valence-electron chi connectivity index (χ4n) is 3.03. The Kier molecular flexibility index (Phi) is 1.06. The summed E-state index contributed by atoms with van der Waals surface area (Å²) >= 11 is 0. The summed E-state index contributed by atoms with van der Waals surface area (Å²) in [7, 11) is 0. The van der Waals surface area contributed by atoms with Crippen molar-refractivity contribution in [3.63, 3.8) is 0 Å². The number of ether oxygens (including phenoxy) is 2. The average Bonchev–Trinajstić information content (AvgIpc) is 2.78. The van der Waals surface area contributed by atoms with Crippen molar-refractivity contribution >= 4 is 0 Å². The van der Waals surface area contributed by atoms with Crippen LogP contribution in [0.4, 0.5) is 0 Å². The van der Waals surface area contributed by atoms with Crippen molar-refractivity contribution < 1.29 is 9.47 Å². The zero-order chi connectivity index (χ0) is 8.45. The molecule has 0 aromatic heterocycles. The van der Waals surface area contributed by atoms with Crippen LogP contribution >= 0.6 is 0 Å². The Morgan fingerprint density at radius 1 is 1.00 bits per heavy atom. The first-order valence-electron chi connectivity index (χ1n) is 4.90. The van der Waals surface area contributed by atoms with Crippen molar-refractivity contribution in [1.29, 1.82) is 0 Å². The molecule has 2 saturated heterocycles. The minimum atomic E-state index is 0.109. The van der Waals surface area contributed by atoms with E-state index >= 15 is 0 Å². The number of epoxide rings is 2. The molecule has 1 aliphatic carbocycles. The summed E-state index contributed by atoms with van der Waals surface area (Å²) in [6, 6.07) is 0. The van der Waals surface area contributed by atoms with Crippen LogP contribution in [0.3, 0.4) is 0 Å². The number of hydrogen-bond acceptors (Lipinski definition) is 2. The molecule has 0 aromatic rings. The van der Waals surface area contributed by atoms with Crippen LogP contribution < -0.4 is 0 Å². The quantitative estimate of drug-likeness (QED) is 0.515. The Labute approximate surface area is 73.2 Å². The third-order valence-electron chi connectivity index (χ3n) is 4.14. The molecule has 12 heavy (non-hydrogen) atoms. The highest BCUT2D eigenvalue weighted by Crippen LogP contribution is 2.64. The first-order valence-corrected chi connectivity index (χ1v) is 4.90. The van der Waals surface area contributed by atoms with Gasteiger partial charge in [-0.3, -0.25) is 0 Å². The molecular weight excluding hydrogens is 152 g/mol. The molecule has 0 N–H and O–H groups in total. The minimum Gasteiger partial charge on any atom is -0.366 e. The molecule has 2 heteroatoms. The molecule has 0 amide bonds. The van der Waals surface area contributed by atoms with Crippen LogP contribution in [0.25, 0.3) is 0 Å². The molecular formula is C10H16O2. The van der Waals surface area contributed by atoms with Gasteiger partial charge in [-0.2, -0.15) is 0 Å². The molecule has 3 rings (SSSR count). The molecule has 2 atom stereocenters. The number of rotatable bonds is 0. The lowest BCUT2D eigenvalue weighted by atomic mass is 9.63. The first-order chi connectivity index (χ1) is 5.62. The third kappa shape index (κ3) is 0.612. The Balaban J connectivity index is 1.99. The molecule has 0 bridgehead atoms. The summed E-state index contributed by atoms with van der Waals surface area (Å²) in [5.74, 6) is 0. The van der Waals surface area contributed by atoms with E-state index in [1.807, 2.05) is 0 Å². The van der Waals surface area contributed by atoms with Crippen molar-refractivity contribution in [2.24, 2.45) is 5.41 Å². The molecule has 2 aliphatic heterocycles.